The van der Waals surface area contributed by atoms with E-state index in [-0.39, 0.29) is 5.91 Å². The Kier molecular flexibility index (Phi) is 6.61. The summed E-state index contributed by atoms with van der Waals surface area (Å²) in [6.45, 7) is 4.70. The van der Waals surface area contributed by atoms with Crippen LogP contribution in [0.1, 0.15) is 51.0 Å². The molecular weight excluding hydrogens is 378 g/mol. The number of rotatable bonds is 7. The number of hydrogen-bond donors (Lipinski definition) is 1. The predicted octanol–water partition coefficient (Wildman–Crippen LogP) is 2.59. The molecule has 0 aliphatic carbocycles. The van der Waals surface area contributed by atoms with Gasteiger partial charge in [0.1, 0.15) is 12.4 Å². The number of carbonyl (C=O) groups excluding carboxylic acids is 2. The summed E-state index contributed by atoms with van der Waals surface area (Å²) < 4.78 is 5.61. The molecule has 2 bridgehead atoms. The van der Waals surface area contributed by atoms with Crippen molar-refractivity contribution in [3.63, 3.8) is 0 Å². The van der Waals surface area contributed by atoms with Crippen LogP contribution in [0.3, 0.4) is 0 Å². The van der Waals surface area contributed by atoms with E-state index in [0.717, 1.165) is 56.5 Å². The Morgan fingerprint density at radius 3 is 2.90 bits per heavy atom. The molecule has 2 amide bonds. The molecule has 0 radical (unpaired) electrons. The van der Waals surface area contributed by atoms with Crippen LogP contribution >= 0.6 is 0 Å². The highest BCUT2D eigenvalue weighted by atomic mass is 16.5. The lowest BCUT2D eigenvalue weighted by molar-refractivity contribution is -0.156. The Hall–Kier alpha value is -2.08. The number of carbonyl (C=O) groups is 2. The molecule has 6 nitrogen and oxygen atoms in total. The minimum absolute atomic E-state index is 0.187. The van der Waals surface area contributed by atoms with Crippen LogP contribution in [-0.2, 0) is 16.0 Å². The Bertz CT molecular complexity index is 768. The minimum atomic E-state index is 0.187. The predicted molar refractivity (Wildman–Crippen MR) is 116 cm³/mol. The Labute approximate surface area is 179 Å². The third-order valence-electron chi connectivity index (χ3n) is 7.07. The number of amides is 2. The van der Waals surface area contributed by atoms with Crippen LogP contribution in [0.4, 0.5) is 0 Å². The average Bonchev–Trinajstić information content (AvgIpc) is 2.75. The second-order valence-electron chi connectivity index (χ2n) is 9.13. The summed E-state index contributed by atoms with van der Waals surface area (Å²) in [6, 6.07) is 8.38. The first kappa shape index (κ1) is 21.2. The quantitative estimate of drug-likeness (QED) is 0.746. The standard InChI is InChI=1S/C24H35N3O3/c1-2-5-21-18-14-19(22-8-4-9-23(28)27(21)22)16-26(15-18)24(29)13-17-6-3-7-20(12-17)30-11-10-25/h3,6-7,12,18-19,21-22H,2,4-5,8-11,13-16,25H2,1H3/t18-,19+,21-,22-/m0/s1. The molecule has 3 aliphatic rings. The third kappa shape index (κ3) is 4.34. The Morgan fingerprint density at radius 1 is 1.27 bits per heavy atom. The van der Waals surface area contributed by atoms with Crippen LogP contribution in [0.5, 0.6) is 5.75 Å². The molecule has 4 atom stereocenters. The monoisotopic (exact) mass is 413 g/mol. The molecule has 30 heavy (non-hydrogen) atoms. The van der Waals surface area contributed by atoms with Gasteiger partial charge in [0.05, 0.1) is 6.42 Å². The molecule has 1 aromatic carbocycles. The fourth-order valence-electron chi connectivity index (χ4n) is 5.86. The lowest BCUT2D eigenvalue weighted by Gasteiger charge is -2.56. The molecule has 4 rings (SSSR count). The number of benzene rings is 1. The SMILES string of the molecule is CCC[C@H]1[C@H]2C[C@H](CN(C(=O)Cc3cccc(OCCN)c3)C2)[C@@H]2CCCC(=O)N21. The highest BCUT2D eigenvalue weighted by Crippen LogP contribution is 2.43. The number of piperidine rings is 3. The topological polar surface area (TPSA) is 75.9 Å². The molecule has 6 heteroatoms. The first-order valence-electron chi connectivity index (χ1n) is 11.6. The van der Waals surface area contributed by atoms with E-state index in [0.29, 0.717) is 55.8 Å². The van der Waals surface area contributed by atoms with Crippen LogP contribution in [0.15, 0.2) is 24.3 Å². The van der Waals surface area contributed by atoms with Crippen molar-refractivity contribution < 1.29 is 14.3 Å². The van der Waals surface area contributed by atoms with Gasteiger partial charge in [-0.3, -0.25) is 9.59 Å². The van der Waals surface area contributed by atoms with E-state index in [1.54, 1.807) is 0 Å². The van der Waals surface area contributed by atoms with Crippen molar-refractivity contribution in [3.8, 4) is 5.75 Å². The lowest BCUT2D eigenvalue weighted by Crippen LogP contribution is -2.65. The molecule has 0 aromatic heterocycles. The highest BCUT2D eigenvalue weighted by Gasteiger charge is 2.49. The van der Waals surface area contributed by atoms with E-state index < -0.39 is 0 Å². The molecule has 0 spiro atoms. The van der Waals surface area contributed by atoms with Gasteiger partial charge in [0.25, 0.3) is 0 Å². The first-order valence-corrected chi connectivity index (χ1v) is 11.6. The summed E-state index contributed by atoms with van der Waals surface area (Å²) in [6.07, 6.45) is 6.45. The summed E-state index contributed by atoms with van der Waals surface area (Å²) in [5, 5.41) is 0. The third-order valence-corrected chi connectivity index (χ3v) is 7.07. The molecule has 3 fully saturated rings. The molecule has 1 aromatic rings. The summed E-state index contributed by atoms with van der Waals surface area (Å²) in [4.78, 5) is 30.2. The molecule has 0 saturated carbocycles. The number of likely N-dealkylation sites (tertiary alicyclic amines) is 1. The zero-order valence-electron chi connectivity index (χ0n) is 18.1. The van der Waals surface area contributed by atoms with Gasteiger partial charge in [-0.15, -0.1) is 0 Å². The van der Waals surface area contributed by atoms with Gasteiger partial charge in [0, 0.05) is 38.1 Å². The zero-order valence-corrected chi connectivity index (χ0v) is 18.1. The van der Waals surface area contributed by atoms with Gasteiger partial charge in [-0.2, -0.15) is 0 Å². The maximum Gasteiger partial charge on any atom is 0.227 e. The van der Waals surface area contributed by atoms with Gasteiger partial charge in [0.15, 0.2) is 0 Å². The van der Waals surface area contributed by atoms with E-state index in [2.05, 4.69) is 16.7 Å². The van der Waals surface area contributed by atoms with Crippen molar-refractivity contribution in [2.75, 3.05) is 26.2 Å². The molecule has 0 unspecified atom stereocenters. The van der Waals surface area contributed by atoms with Gasteiger partial charge in [-0.25, -0.2) is 0 Å². The summed E-state index contributed by atoms with van der Waals surface area (Å²) in [7, 11) is 0. The average molecular weight is 414 g/mol. The lowest BCUT2D eigenvalue weighted by atomic mass is 9.71. The van der Waals surface area contributed by atoms with E-state index in [1.807, 2.05) is 24.3 Å². The number of fused-ring (bicyclic) bond motifs is 4. The van der Waals surface area contributed by atoms with E-state index >= 15 is 0 Å². The van der Waals surface area contributed by atoms with Gasteiger partial charge < -0.3 is 20.3 Å². The molecule has 3 aliphatic heterocycles. The van der Waals surface area contributed by atoms with Crippen molar-refractivity contribution in [2.45, 2.75) is 64.0 Å². The smallest absolute Gasteiger partial charge is 0.227 e. The zero-order chi connectivity index (χ0) is 21.1. The summed E-state index contributed by atoms with van der Waals surface area (Å²) in [5.74, 6) is 2.12. The maximum absolute atomic E-state index is 13.2. The Morgan fingerprint density at radius 2 is 2.10 bits per heavy atom. The summed E-state index contributed by atoms with van der Waals surface area (Å²) in [5.41, 5.74) is 6.49. The van der Waals surface area contributed by atoms with Gasteiger partial charge in [-0.05, 0) is 55.2 Å². The fourth-order valence-corrected chi connectivity index (χ4v) is 5.86. The summed E-state index contributed by atoms with van der Waals surface area (Å²) >= 11 is 0. The van der Waals surface area contributed by atoms with Gasteiger partial charge in [0.2, 0.25) is 11.8 Å². The van der Waals surface area contributed by atoms with Crippen molar-refractivity contribution in [1.29, 1.82) is 0 Å². The maximum atomic E-state index is 13.2. The number of ether oxygens (including phenoxy) is 1. The van der Waals surface area contributed by atoms with Gasteiger partial charge >= 0.3 is 0 Å². The highest BCUT2D eigenvalue weighted by molar-refractivity contribution is 5.80. The van der Waals surface area contributed by atoms with Crippen LogP contribution in [-0.4, -0.2) is 59.9 Å². The normalized spacial score (nSPS) is 28.3. The Balaban J connectivity index is 1.46. The van der Waals surface area contributed by atoms with Crippen LogP contribution in [0, 0.1) is 11.8 Å². The first-order chi connectivity index (χ1) is 14.6. The second-order valence-corrected chi connectivity index (χ2v) is 9.13. The van der Waals surface area contributed by atoms with Gasteiger partial charge in [-0.1, -0.05) is 25.5 Å². The van der Waals surface area contributed by atoms with Crippen molar-refractivity contribution in [2.24, 2.45) is 17.6 Å². The molecule has 3 heterocycles. The number of nitrogens with two attached hydrogens (primary N) is 1. The fraction of sp³-hybridized carbons (Fsp3) is 0.667. The molecule has 2 N–H and O–H groups in total. The van der Waals surface area contributed by atoms with E-state index in [9.17, 15) is 9.59 Å². The number of nitrogens with zero attached hydrogens (tertiary/aromatic N) is 2. The minimum Gasteiger partial charge on any atom is -0.492 e. The van der Waals surface area contributed by atoms with Crippen LogP contribution < -0.4 is 10.5 Å². The van der Waals surface area contributed by atoms with Crippen molar-refractivity contribution >= 4 is 11.8 Å². The largest absolute Gasteiger partial charge is 0.492 e. The van der Waals surface area contributed by atoms with E-state index in [1.165, 1.54) is 0 Å². The number of hydrogen-bond acceptors (Lipinski definition) is 4. The van der Waals surface area contributed by atoms with Crippen LogP contribution in [0.25, 0.3) is 0 Å². The molecule has 164 valence electrons. The van der Waals surface area contributed by atoms with Crippen LogP contribution in [0.2, 0.25) is 0 Å². The molecular formula is C24H35N3O3. The van der Waals surface area contributed by atoms with E-state index in [4.69, 9.17) is 10.5 Å². The second kappa shape index (κ2) is 9.38. The van der Waals surface area contributed by atoms with Crippen molar-refractivity contribution in [3.05, 3.63) is 29.8 Å². The molecule has 3 saturated heterocycles. The van der Waals surface area contributed by atoms with Crippen molar-refractivity contribution in [1.82, 2.24) is 9.80 Å².